The average molecular weight is 474 g/mol. The SMILES string of the molecule is CC(C)(C)C(=O)Nc1nc(NC(=O)C(C)(C)C)c2c(n1)N[C@@]1(OC(=O)C(C)(C)C)CCC[C@@H]2C1. The summed E-state index contributed by atoms with van der Waals surface area (Å²) in [7, 11) is 0. The lowest BCUT2D eigenvalue weighted by molar-refractivity contribution is -0.170. The topological polar surface area (TPSA) is 122 Å². The molecule has 188 valence electrons. The van der Waals surface area contributed by atoms with Crippen molar-refractivity contribution in [2.45, 2.75) is 99.6 Å². The van der Waals surface area contributed by atoms with E-state index in [9.17, 15) is 14.4 Å². The van der Waals surface area contributed by atoms with Crippen LogP contribution in [-0.4, -0.2) is 33.5 Å². The van der Waals surface area contributed by atoms with E-state index in [1.807, 2.05) is 41.5 Å². The van der Waals surface area contributed by atoms with Gasteiger partial charge >= 0.3 is 5.97 Å². The van der Waals surface area contributed by atoms with Crippen molar-refractivity contribution in [3.63, 3.8) is 0 Å². The molecule has 1 fully saturated rings. The van der Waals surface area contributed by atoms with Crippen LogP contribution in [0, 0.1) is 16.2 Å². The summed E-state index contributed by atoms with van der Waals surface area (Å²) < 4.78 is 6.04. The third-order valence-electron chi connectivity index (χ3n) is 6.13. The molecule has 34 heavy (non-hydrogen) atoms. The number of nitrogens with zero attached hydrogens (tertiary/aromatic N) is 2. The van der Waals surface area contributed by atoms with Gasteiger partial charge in [0.25, 0.3) is 0 Å². The Labute approximate surface area is 202 Å². The smallest absolute Gasteiger partial charge is 0.313 e. The Morgan fingerprint density at radius 2 is 1.50 bits per heavy atom. The van der Waals surface area contributed by atoms with Crippen molar-refractivity contribution in [2.24, 2.45) is 16.2 Å². The first kappa shape index (κ1) is 25.9. The molecule has 0 unspecified atom stereocenters. The first-order valence-corrected chi connectivity index (χ1v) is 12.0. The fourth-order valence-corrected chi connectivity index (χ4v) is 3.95. The Morgan fingerprint density at radius 1 is 0.912 bits per heavy atom. The number of carbonyl (C=O) groups excluding carboxylic acids is 3. The zero-order chi connectivity index (χ0) is 25.7. The van der Waals surface area contributed by atoms with E-state index in [2.05, 4.69) is 25.9 Å². The van der Waals surface area contributed by atoms with Gasteiger partial charge in [0.1, 0.15) is 11.6 Å². The molecule has 1 saturated carbocycles. The second-order valence-electron chi connectivity index (χ2n) is 12.6. The van der Waals surface area contributed by atoms with Gasteiger partial charge in [-0.3, -0.25) is 19.7 Å². The first-order valence-electron chi connectivity index (χ1n) is 12.0. The predicted molar refractivity (Wildman–Crippen MR) is 131 cm³/mol. The zero-order valence-corrected chi connectivity index (χ0v) is 21.9. The largest absolute Gasteiger partial charge is 0.439 e. The maximum absolute atomic E-state index is 12.9. The Morgan fingerprint density at radius 3 is 2.06 bits per heavy atom. The Kier molecular flexibility index (Phi) is 6.48. The molecule has 9 heteroatoms. The summed E-state index contributed by atoms with van der Waals surface area (Å²) in [6.45, 7) is 16.4. The third kappa shape index (κ3) is 5.50. The zero-order valence-electron chi connectivity index (χ0n) is 21.9. The normalized spacial score (nSPS) is 22.2. The van der Waals surface area contributed by atoms with Gasteiger partial charge < -0.3 is 15.4 Å². The molecule has 1 aliphatic carbocycles. The summed E-state index contributed by atoms with van der Waals surface area (Å²) in [5, 5.41) is 9.07. The summed E-state index contributed by atoms with van der Waals surface area (Å²) in [5.74, 6) is 0.220. The van der Waals surface area contributed by atoms with Crippen molar-refractivity contribution in [1.29, 1.82) is 0 Å². The van der Waals surface area contributed by atoms with Crippen LogP contribution in [-0.2, 0) is 19.1 Å². The van der Waals surface area contributed by atoms with Gasteiger partial charge in [-0.2, -0.15) is 9.97 Å². The highest BCUT2D eigenvalue weighted by Crippen LogP contribution is 2.50. The molecule has 1 aliphatic heterocycles. The number of amides is 2. The van der Waals surface area contributed by atoms with Crippen LogP contribution in [0.3, 0.4) is 0 Å². The second-order valence-corrected chi connectivity index (χ2v) is 12.6. The average Bonchev–Trinajstić information content (AvgIpc) is 2.65. The predicted octanol–water partition coefficient (Wildman–Crippen LogP) is 4.81. The maximum Gasteiger partial charge on any atom is 0.313 e. The second kappa shape index (κ2) is 8.50. The number of nitrogens with one attached hydrogen (secondary N) is 3. The molecule has 3 N–H and O–H groups in total. The highest BCUT2D eigenvalue weighted by Gasteiger charge is 2.48. The van der Waals surface area contributed by atoms with Crippen LogP contribution in [0.1, 0.15) is 99.5 Å². The number of aromatic nitrogens is 2. The van der Waals surface area contributed by atoms with E-state index in [1.54, 1.807) is 20.8 Å². The standard InChI is InChI=1S/C25H39N5O4/c1-22(2,3)18(31)26-16-15-14-11-10-12-25(13-14,34-20(33)24(7,8)9)30-17(15)28-21(27-16)29-19(32)23(4,5)6/h14H,10-13H2,1-9H3,(H3,26,27,28,29,30,31,32)/t14-,25-/m1/s1. The van der Waals surface area contributed by atoms with E-state index < -0.39 is 22.0 Å². The van der Waals surface area contributed by atoms with E-state index in [-0.39, 0.29) is 29.6 Å². The lowest BCUT2D eigenvalue weighted by Gasteiger charge is -2.46. The molecule has 2 atom stereocenters. The number of ether oxygens (including phenoxy) is 1. The van der Waals surface area contributed by atoms with Crippen molar-refractivity contribution < 1.29 is 19.1 Å². The van der Waals surface area contributed by atoms with Crippen LogP contribution < -0.4 is 16.0 Å². The Hall–Kier alpha value is -2.71. The highest BCUT2D eigenvalue weighted by molar-refractivity contribution is 5.96. The van der Waals surface area contributed by atoms with Crippen molar-refractivity contribution in [3.05, 3.63) is 5.56 Å². The molecule has 2 aliphatic rings. The summed E-state index contributed by atoms with van der Waals surface area (Å²) in [6.07, 6.45) is 2.93. The lowest BCUT2D eigenvalue weighted by atomic mass is 9.76. The quantitative estimate of drug-likeness (QED) is 0.538. The van der Waals surface area contributed by atoms with Crippen LogP contribution in [0.2, 0.25) is 0 Å². The van der Waals surface area contributed by atoms with Crippen molar-refractivity contribution in [3.8, 4) is 0 Å². The van der Waals surface area contributed by atoms with E-state index in [0.717, 1.165) is 18.4 Å². The number of hydrogen-bond donors (Lipinski definition) is 3. The monoisotopic (exact) mass is 473 g/mol. The van der Waals surface area contributed by atoms with Crippen molar-refractivity contribution in [2.75, 3.05) is 16.0 Å². The molecule has 3 rings (SSSR count). The first-order chi connectivity index (χ1) is 15.4. The molecule has 0 saturated heterocycles. The number of fused-ring (bicyclic) bond motifs is 4. The summed E-state index contributed by atoms with van der Waals surface area (Å²) in [5.41, 5.74) is -2.03. The van der Waals surface area contributed by atoms with E-state index >= 15 is 0 Å². The molecule has 0 radical (unpaired) electrons. The van der Waals surface area contributed by atoms with Gasteiger partial charge in [-0.05, 0) is 39.5 Å². The van der Waals surface area contributed by atoms with Gasteiger partial charge in [-0.15, -0.1) is 0 Å². The third-order valence-corrected chi connectivity index (χ3v) is 6.13. The van der Waals surface area contributed by atoms with Gasteiger partial charge in [0.05, 0.1) is 5.41 Å². The minimum atomic E-state index is -0.884. The fourth-order valence-electron chi connectivity index (χ4n) is 3.95. The fraction of sp³-hybridized carbons (Fsp3) is 0.720. The molecule has 1 aromatic heterocycles. The van der Waals surface area contributed by atoms with Crippen LogP contribution in [0.15, 0.2) is 0 Å². The van der Waals surface area contributed by atoms with Crippen molar-refractivity contribution >= 4 is 35.4 Å². The molecule has 2 bridgehead atoms. The van der Waals surface area contributed by atoms with Crippen LogP contribution in [0.4, 0.5) is 17.6 Å². The van der Waals surface area contributed by atoms with Gasteiger partial charge in [0.2, 0.25) is 17.8 Å². The summed E-state index contributed by atoms with van der Waals surface area (Å²) in [6, 6.07) is 0. The van der Waals surface area contributed by atoms with Crippen LogP contribution in [0.25, 0.3) is 0 Å². The molecular weight excluding hydrogens is 434 g/mol. The summed E-state index contributed by atoms with van der Waals surface area (Å²) >= 11 is 0. The van der Waals surface area contributed by atoms with Gasteiger partial charge in [-0.25, -0.2) is 0 Å². The van der Waals surface area contributed by atoms with E-state index in [0.29, 0.717) is 24.5 Å². The molecule has 0 aromatic carbocycles. The number of hydrogen-bond acceptors (Lipinski definition) is 7. The number of anilines is 3. The summed E-state index contributed by atoms with van der Waals surface area (Å²) in [4.78, 5) is 47.4. The van der Waals surface area contributed by atoms with Crippen molar-refractivity contribution in [1.82, 2.24) is 9.97 Å². The highest BCUT2D eigenvalue weighted by atomic mass is 16.6. The minimum Gasteiger partial charge on any atom is -0.439 e. The molecule has 1 aromatic rings. The van der Waals surface area contributed by atoms with E-state index in [1.165, 1.54) is 0 Å². The van der Waals surface area contributed by atoms with E-state index in [4.69, 9.17) is 4.74 Å². The molecule has 0 spiro atoms. The molecular formula is C25H39N5O4. The molecule has 9 nitrogen and oxygen atoms in total. The maximum atomic E-state index is 12.9. The van der Waals surface area contributed by atoms with Gasteiger partial charge in [-0.1, -0.05) is 41.5 Å². The number of esters is 1. The number of rotatable bonds is 3. The Bertz CT molecular complexity index is 1000. The van der Waals surface area contributed by atoms with Gasteiger partial charge in [0.15, 0.2) is 5.72 Å². The minimum absolute atomic E-state index is 0.000374. The molecule has 2 heterocycles. The molecule has 2 amide bonds. The van der Waals surface area contributed by atoms with Crippen LogP contribution >= 0.6 is 0 Å². The Balaban J connectivity index is 2.06. The van der Waals surface area contributed by atoms with Gasteiger partial charge in [0, 0.05) is 29.2 Å². The lowest BCUT2D eigenvalue weighted by Crippen LogP contribution is -2.51. The van der Waals surface area contributed by atoms with Crippen LogP contribution in [0.5, 0.6) is 0 Å². The number of carbonyl (C=O) groups is 3.